The third-order valence-corrected chi connectivity index (χ3v) is 5.31. The average molecular weight is 411 g/mol. The summed E-state index contributed by atoms with van der Waals surface area (Å²) in [6.45, 7) is 3.97. The van der Waals surface area contributed by atoms with Crippen LogP contribution in [-0.2, 0) is 10.0 Å². The highest BCUT2D eigenvalue weighted by molar-refractivity contribution is 9.10. The Bertz CT molecular complexity index is 849. The van der Waals surface area contributed by atoms with Gasteiger partial charge in [-0.25, -0.2) is 13.6 Å². The Balaban J connectivity index is 2.29. The van der Waals surface area contributed by atoms with Crippen molar-refractivity contribution in [1.29, 1.82) is 0 Å². The molecule has 1 atom stereocenters. The summed E-state index contributed by atoms with van der Waals surface area (Å²) in [5.41, 5.74) is 2.37. The first-order chi connectivity index (χ1) is 11.2. The average Bonchev–Trinajstić information content (AvgIpc) is 2.52. The molecule has 7 heteroatoms. The Kier molecular flexibility index (Phi) is 5.79. The molecule has 1 amide bonds. The van der Waals surface area contributed by atoms with Crippen LogP contribution in [0.2, 0.25) is 0 Å². The molecule has 0 spiro atoms. The lowest BCUT2D eigenvalue weighted by atomic mass is 10.0. The van der Waals surface area contributed by atoms with Crippen molar-refractivity contribution < 1.29 is 13.2 Å². The van der Waals surface area contributed by atoms with E-state index < -0.39 is 10.0 Å². The molecule has 0 aromatic heterocycles. The summed E-state index contributed by atoms with van der Waals surface area (Å²) < 4.78 is 23.5. The number of hydrogen-bond acceptors (Lipinski definition) is 3. The summed E-state index contributed by atoms with van der Waals surface area (Å²) in [7, 11) is -3.87. The molecule has 0 aliphatic carbocycles. The molecule has 0 bridgehead atoms. The number of nitrogens with two attached hydrogens (primary N) is 1. The molecular formula is C17H19BrN2O3S. The summed E-state index contributed by atoms with van der Waals surface area (Å²) >= 11 is 3.28. The molecule has 0 heterocycles. The van der Waals surface area contributed by atoms with Crippen molar-refractivity contribution in [1.82, 2.24) is 5.32 Å². The fourth-order valence-corrected chi connectivity index (χ4v) is 3.28. The molecule has 0 aliphatic heterocycles. The minimum absolute atomic E-state index is 0.0979. The van der Waals surface area contributed by atoms with E-state index in [9.17, 15) is 13.2 Å². The lowest BCUT2D eigenvalue weighted by Gasteiger charge is -2.18. The van der Waals surface area contributed by atoms with E-state index in [0.717, 1.165) is 11.1 Å². The van der Waals surface area contributed by atoms with Crippen molar-refractivity contribution in [2.45, 2.75) is 31.2 Å². The van der Waals surface area contributed by atoms with E-state index in [1.165, 1.54) is 18.2 Å². The number of rotatable bonds is 5. The highest BCUT2D eigenvalue weighted by Gasteiger charge is 2.18. The lowest BCUT2D eigenvalue weighted by Crippen LogP contribution is -2.28. The normalized spacial score (nSPS) is 12.7. The number of benzene rings is 2. The molecule has 3 N–H and O–H groups in total. The van der Waals surface area contributed by atoms with Crippen molar-refractivity contribution in [3.05, 3.63) is 63.6 Å². The zero-order valence-electron chi connectivity index (χ0n) is 13.4. The van der Waals surface area contributed by atoms with Gasteiger partial charge in [0.25, 0.3) is 5.91 Å². The van der Waals surface area contributed by atoms with E-state index in [-0.39, 0.29) is 22.4 Å². The van der Waals surface area contributed by atoms with Crippen LogP contribution in [0.5, 0.6) is 0 Å². The number of amides is 1. The number of carbonyl (C=O) groups excluding carboxylic acids is 1. The zero-order valence-corrected chi connectivity index (χ0v) is 15.8. The minimum Gasteiger partial charge on any atom is -0.345 e. The van der Waals surface area contributed by atoms with E-state index in [0.29, 0.717) is 10.9 Å². The third kappa shape index (κ3) is 4.43. The molecule has 128 valence electrons. The van der Waals surface area contributed by atoms with Gasteiger partial charge in [0, 0.05) is 4.47 Å². The second-order valence-electron chi connectivity index (χ2n) is 5.53. The number of aryl methyl sites for hydroxylation is 1. The van der Waals surface area contributed by atoms with Crippen LogP contribution in [0.1, 0.15) is 40.9 Å². The van der Waals surface area contributed by atoms with Gasteiger partial charge in [0.2, 0.25) is 10.0 Å². The van der Waals surface area contributed by atoms with Gasteiger partial charge in [0.1, 0.15) is 0 Å². The maximum absolute atomic E-state index is 12.6. The van der Waals surface area contributed by atoms with Gasteiger partial charge in [-0.05, 0) is 53.0 Å². The van der Waals surface area contributed by atoms with Crippen LogP contribution in [0.25, 0.3) is 0 Å². The van der Waals surface area contributed by atoms with Gasteiger partial charge in [0.05, 0.1) is 16.5 Å². The van der Waals surface area contributed by atoms with Crippen molar-refractivity contribution >= 4 is 31.9 Å². The lowest BCUT2D eigenvalue weighted by molar-refractivity contribution is 0.0934. The highest BCUT2D eigenvalue weighted by Crippen LogP contribution is 2.23. The number of halogens is 1. The summed E-state index contributed by atoms with van der Waals surface area (Å²) in [6.07, 6.45) is 0.710. The van der Waals surface area contributed by atoms with Crippen molar-refractivity contribution in [2.24, 2.45) is 5.14 Å². The van der Waals surface area contributed by atoms with Gasteiger partial charge in [-0.3, -0.25) is 4.79 Å². The van der Waals surface area contributed by atoms with E-state index in [1.54, 1.807) is 0 Å². The van der Waals surface area contributed by atoms with Crippen molar-refractivity contribution in [3.63, 3.8) is 0 Å². The summed E-state index contributed by atoms with van der Waals surface area (Å²) in [5.74, 6) is -0.361. The summed E-state index contributed by atoms with van der Waals surface area (Å²) in [5, 5.41) is 8.07. The summed E-state index contributed by atoms with van der Waals surface area (Å²) in [6, 6.07) is 11.9. The van der Waals surface area contributed by atoms with Gasteiger partial charge in [-0.1, -0.05) is 36.8 Å². The van der Waals surface area contributed by atoms with E-state index in [2.05, 4.69) is 21.2 Å². The van der Waals surface area contributed by atoms with Crippen LogP contribution in [0.4, 0.5) is 0 Å². The van der Waals surface area contributed by atoms with E-state index >= 15 is 0 Å². The number of hydrogen-bond donors (Lipinski definition) is 2. The molecule has 24 heavy (non-hydrogen) atoms. The first-order valence-corrected chi connectivity index (χ1v) is 9.76. The minimum atomic E-state index is -3.87. The first kappa shape index (κ1) is 18.6. The topological polar surface area (TPSA) is 89.3 Å². The maximum atomic E-state index is 12.6. The van der Waals surface area contributed by atoms with Crippen molar-refractivity contribution in [2.75, 3.05) is 0 Å². The molecule has 0 saturated heterocycles. The smallest absolute Gasteiger partial charge is 0.252 e. The molecule has 0 radical (unpaired) electrons. The van der Waals surface area contributed by atoms with Crippen LogP contribution in [0.15, 0.2) is 51.8 Å². The quantitative estimate of drug-likeness (QED) is 0.791. The van der Waals surface area contributed by atoms with Gasteiger partial charge in [0.15, 0.2) is 0 Å². The van der Waals surface area contributed by atoms with Gasteiger partial charge in [-0.15, -0.1) is 0 Å². The molecule has 2 aromatic carbocycles. The second kappa shape index (κ2) is 7.46. The SMILES string of the molecule is CCC(NC(=O)c1cc(S(N)(=O)=O)ccc1Br)c1ccc(C)cc1. The molecule has 1 unspecified atom stereocenters. The highest BCUT2D eigenvalue weighted by atomic mass is 79.9. The second-order valence-corrected chi connectivity index (χ2v) is 7.95. The van der Waals surface area contributed by atoms with Gasteiger partial charge >= 0.3 is 0 Å². The Labute approximate surface area is 150 Å². The fraction of sp³-hybridized carbons (Fsp3) is 0.235. The maximum Gasteiger partial charge on any atom is 0.252 e. The number of sulfonamides is 1. The predicted octanol–water partition coefficient (Wildman–Crippen LogP) is 3.29. The number of carbonyl (C=O) groups is 1. The Hall–Kier alpha value is -1.70. The Morgan fingerprint density at radius 1 is 1.21 bits per heavy atom. The van der Waals surface area contributed by atoms with Crippen LogP contribution in [-0.4, -0.2) is 14.3 Å². The standard InChI is InChI=1S/C17H19BrN2O3S/c1-3-16(12-6-4-11(2)5-7-12)20-17(21)14-10-13(24(19,22)23)8-9-15(14)18/h4-10,16H,3H2,1-2H3,(H,20,21)(H2,19,22,23). The predicted molar refractivity (Wildman–Crippen MR) is 97.2 cm³/mol. The van der Waals surface area contributed by atoms with Gasteiger partial charge < -0.3 is 5.32 Å². The van der Waals surface area contributed by atoms with Gasteiger partial charge in [-0.2, -0.15) is 0 Å². The fourth-order valence-electron chi connectivity index (χ4n) is 2.31. The van der Waals surface area contributed by atoms with Crippen LogP contribution in [0, 0.1) is 6.92 Å². The monoisotopic (exact) mass is 410 g/mol. The molecule has 0 saturated carbocycles. The number of nitrogens with one attached hydrogen (secondary N) is 1. The molecule has 2 aromatic rings. The van der Waals surface area contributed by atoms with Crippen LogP contribution < -0.4 is 10.5 Å². The van der Waals surface area contributed by atoms with Crippen LogP contribution in [0.3, 0.4) is 0 Å². The summed E-state index contributed by atoms with van der Waals surface area (Å²) in [4.78, 5) is 12.5. The number of primary sulfonamides is 1. The first-order valence-electron chi connectivity index (χ1n) is 7.42. The van der Waals surface area contributed by atoms with E-state index in [1.807, 2.05) is 38.1 Å². The molecule has 0 aliphatic rings. The molecule has 0 fully saturated rings. The Morgan fingerprint density at radius 3 is 2.38 bits per heavy atom. The third-order valence-electron chi connectivity index (χ3n) is 3.70. The van der Waals surface area contributed by atoms with Crippen LogP contribution >= 0.6 is 15.9 Å². The molecule has 2 rings (SSSR count). The molecular weight excluding hydrogens is 392 g/mol. The largest absolute Gasteiger partial charge is 0.345 e. The Morgan fingerprint density at radius 2 is 1.83 bits per heavy atom. The van der Waals surface area contributed by atoms with Crippen molar-refractivity contribution in [3.8, 4) is 0 Å². The zero-order chi connectivity index (χ0) is 17.9. The van der Waals surface area contributed by atoms with E-state index in [4.69, 9.17) is 5.14 Å². The molecule has 5 nitrogen and oxygen atoms in total.